The maximum atomic E-state index is 13.0. The van der Waals surface area contributed by atoms with E-state index in [-0.39, 0.29) is 38.6 Å². The van der Waals surface area contributed by atoms with Crippen LogP contribution in [0.15, 0.2) is 32.5 Å². The zero-order chi connectivity index (χ0) is 22.4. The Morgan fingerprint density at radius 1 is 1.39 bits per heavy atom. The van der Waals surface area contributed by atoms with Crippen LogP contribution >= 0.6 is 11.3 Å². The number of H-pyrrole nitrogens is 1. The zero-order valence-electron chi connectivity index (χ0n) is 16.8. The molecule has 0 fully saturated rings. The summed E-state index contributed by atoms with van der Waals surface area (Å²) in [6.45, 7) is 3.80. The Morgan fingerprint density at radius 3 is 2.77 bits per heavy atom. The smallest absolute Gasteiger partial charge is 0.435 e. The molecular weight excluding hydrogens is 418 g/mol. The van der Waals surface area contributed by atoms with Gasteiger partial charge in [0.25, 0.3) is 0 Å². The molecule has 0 spiro atoms. The third-order valence-electron chi connectivity index (χ3n) is 5.05. The summed E-state index contributed by atoms with van der Waals surface area (Å²) in [5, 5.41) is 25.3. The van der Waals surface area contributed by atoms with Gasteiger partial charge in [-0.2, -0.15) is 5.26 Å². The monoisotopic (exact) mass is 435 g/mol. The van der Waals surface area contributed by atoms with Gasteiger partial charge in [-0.1, -0.05) is 16.8 Å². The van der Waals surface area contributed by atoms with Crippen molar-refractivity contribution in [3.8, 4) is 17.3 Å². The average Bonchev–Trinajstić information content (AvgIpc) is 3.23. The molecule has 5 N–H and O–H groups in total. The molecule has 0 saturated heterocycles. The van der Waals surface area contributed by atoms with Crippen LogP contribution in [0.3, 0.4) is 0 Å². The van der Waals surface area contributed by atoms with Crippen LogP contribution in [0.5, 0.6) is 0 Å². The van der Waals surface area contributed by atoms with E-state index in [2.05, 4.69) is 15.2 Å². The highest BCUT2D eigenvalue weighted by atomic mass is 32.1. The van der Waals surface area contributed by atoms with E-state index in [4.69, 9.17) is 16.0 Å². The summed E-state index contributed by atoms with van der Waals surface area (Å²) in [5.74, 6) is -0.639. The number of nitrogens with zero attached hydrogens (tertiary/aromatic N) is 4. The number of benzene rings is 1. The minimum absolute atomic E-state index is 0.0330. The summed E-state index contributed by atoms with van der Waals surface area (Å²) >= 11 is 0.997. The summed E-state index contributed by atoms with van der Waals surface area (Å²) in [6, 6.07) is 7.44. The van der Waals surface area contributed by atoms with Crippen molar-refractivity contribution in [2.45, 2.75) is 13.8 Å². The number of nitrogens with one attached hydrogen (secondary N) is 1. The largest absolute Gasteiger partial charge is 0.858 e. The van der Waals surface area contributed by atoms with Crippen molar-refractivity contribution in [1.82, 2.24) is 10.3 Å². The minimum Gasteiger partial charge on any atom is -0.858 e. The Labute approximate surface area is 179 Å². The number of thiophene rings is 1. The highest BCUT2D eigenvalue weighted by Crippen LogP contribution is 2.41. The number of hydrogen-bond acceptors (Lipinski definition) is 9. The molecular formula is C20H17N7O3S. The molecule has 0 bridgehead atoms. The maximum absolute atomic E-state index is 13.0. The Hall–Kier alpha value is -4.17. The minimum atomic E-state index is -0.718. The van der Waals surface area contributed by atoms with E-state index in [9.17, 15) is 15.2 Å². The number of pyridine rings is 1. The molecule has 0 aliphatic heterocycles. The fraction of sp³-hybridized carbons (Fsp3) is 0.150. The standard InChI is InChI=1S/C20H17N7O3S/c1-8-5-4-6-11(9(8)2)24-18(28)16-14(22)13-12(15-20(29)30-26-27(15)3)10(7-21)17(23)25-19(13)31-16/h4-6H,1-3H3,(H5-,22,23,24,25,26,28,29). The first-order chi connectivity index (χ1) is 14.7. The lowest BCUT2D eigenvalue weighted by molar-refractivity contribution is -0.730. The van der Waals surface area contributed by atoms with Gasteiger partial charge in [-0.3, -0.25) is 9.52 Å². The van der Waals surface area contributed by atoms with Gasteiger partial charge < -0.3 is 16.6 Å². The molecule has 0 saturated carbocycles. The summed E-state index contributed by atoms with van der Waals surface area (Å²) in [4.78, 5) is 21.2. The molecule has 156 valence electrons. The summed E-state index contributed by atoms with van der Waals surface area (Å²) in [7, 11) is 1.54. The van der Waals surface area contributed by atoms with Gasteiger partial charge >= 0.3 is 11.3 Å². The summed E-state index contributed by atoms with van der Waals surface area (Å²) in [6.07, 6.45) is 0. The van der Waals surface area contributed by atoms with Gasteiger partial charge in [-0.15, -0.1) is 11.3 Å². The molecule has 3 aromatic heterocycles. The first-order valence-electron chi connectivity index (χ1n) is 9.06. The van der Waals surface area contributed by atoms with Crippen molar-refractivity contribution in [2.24, 2.45) is 12.0 Å². The third kappa shape index (κ3) is 3.10. The molecule has 0 aliphatic rings. The zero-order valence-corrected chi connectivity index (χ0v) is 17.6. The van der Waals surface area contributed by atoms with E-state index in [0.29, 0.717) is 10.5 Å². The number of aromatic amines is 1. The second-order valence-corrected chi connectivity index (χ2v) is 7.91. The number of aryl methyl sites for hydroxylation is 2. The van der Waals surface area contributed by atoms with E-state index in [1.54, 1.807) is 6.07 Å². The SMILES string of the molecule is Cc1cccc(N=C([O-])c2sc3nc(N)c(C#N)c(-c4c(=O)o[nH][n+]4C)c3c2N)c1C. The Morgan fingerprint density at radius 2 is 2.13 bits per heavy atom. The van der Waals surface area contributed by atoms with Gasteiger partial charge in [-0.05, 0) is 36.3 Å². The second-order valence-electron chi connectivity index (χ2n) is 6.91. The van der Waals surface area contributed by atoms with Crippen molar-refractivity contribution in [3.05, 3.63) is 50.2 Å². The normalized spacial score (nSPS) is 11.7. The van der Waals surface area contributed by atoms with E-state index in [1.807, 2.05) is 32.0 Å². The molecule has 0 atom stereocenters. The molecule has 31 heavy (non-hydrogen) atoms. The Balaban J connectivity index is 2.04. The molecule has 10 nitrogen and oxygen atoms in total. The number of nitrogen functional groups attached to an aromatic ring is 2. The van der Waals surface area contributed by atoms with Crippen molar-refractivity contribution in [2.75, 3.05) is 11.5 Å². The average molecular weight is 435 g/mol. The lowest BCUT2D eigenvalue weighted by atomic mass is 10.0. The van der Waals surface area contributed by atoms with Gasteiger partial charge in [-0.25, -0.2) is 9.78 Å². The summed E-state index contributed by atoms with van der Waals surface area (Å²) in [5.41, 5.74) is 14.2. The highest BCUT2D eigenvalue weighted by molar-refractivity contribution is 7.21. The first kappa shape index (κ1) is 20.1. The van der Waals surface area contributed by atoms with E-state index < -0.39 is 11.5 Å². The molecule has 11 heteroatoms. The predicted molar refractivity (Wildman–Crippen MR) is 115 cm³/mol. The number of aliphatic imine (C=N–C) groups is 1. The van der Waals surface area contributed by atoms with Crippen molar-refractivity contribution < 1.29 is 14.3 Å². The molecule has 4 aromatic rings. The van der Waals surface area contributed by atoms with Gasteiger partial charge in [0.05, 0.1) is 27.2 Å². The first-order valence-corrected chi connectivity index (χ1v) is 9.88. The van der Waals surface area contributed by atoms with Crippen LogP contribution in [0.4, 0.5) is 17.2 Å². The Kier molecular flexibility index (Phi) is 4.71. The highest BCUT2D eigenvalue weighted by Gasteiger charge is 2.31. The van der Waals surface area contributed by atoms with Crippen LogP contribution in [-0.2, 0) is 7.05 Å². The molecule has 0 unspecified atom stereocenters. The maximum Gasteiger partial charge on any atom is 0.435 e. The van der Waals surface area contributed by atoms with Gasteiger partial charge in [0.15, 0.2) is 7.05 Å². The van der Waals surface area contributed by atoms with E-state index >= 15 is 0 Å². The number of rotatable bonds is 3. The van der Waals surface area contributed by atoms with Crippen LogP contribution in [0.2, 0.25) is 0 Å². The van der Waals surface area contributed by atoms with Crippen molar-refractivity contribution in [1.29, 1.82) is 5.26 Å². The van der Waals surface area contributed by atoms with Gasteiger partial charge in [0.1, 0.15) is 22.3 Å². The number of fused-ring (bicyclic) bond motifs is 1. The van der Waals surface area contributed by atoms with Crippen LogP contribution < -0.4 is 26.9 Å². The molecule has 0 radical (unpaired) electrons. The number of nitrogens with two attached hydrogens (primary N) is 2. The van der Waals surface area contributed by atoms with E-state index in [1.165, 1.54) is 11.7 Å². The van der Waals surface area contributed by atoms with Crippen molar-refractivity contribution in [3.63, 3.8) is 0 Å². The van der Waals surface area contributed by atoms with E-state index in [0.717, 1.165) is 22.5 Å². The number of nitriles is 1. The lowest BCUT2D eigenvalue weighted by Gasteiger charge is -2.11. The number of anilines is 2. The molecule has 0 amide bonds. The van der Waals surface area contributed by atoms with Gasteiger partial charge in [0, 0.05) is 5.90 Å². The topological polar surface area (TPSA) is 174 Å². The molecule has 1 aromatic carbocycles. The predicted octanol–water partition coefficient (Wildman–Crippen LogP) is 1.16. The Bertz CT molecular complexity index is 1490. The second kappa shape index (κ2) is 7.26. The van der Waals surface area contributed by atoms with Gasteiger partial charge in [0.2, 0.25) is 0 Å². The van der Waals surface area contributed by atoms with Crippen LogP contribution in [0.25, 0.3) is 21.5 Å². The summed E-state index contributed by atoms with van der Waals surface area (Å²) < 4.78 is 6.13. The fourth-order valence-electron chi connectivity index (χ4n) is 3.31. The van der Waals surface area contributed by atoms with Crippen LogP contribution in [0, 0.1) is 25.2 Å². The molecule has 4 rings (SSSR count). The quantitative estimate of drug-likeness (QED) is 0.246. The van der Waals surface area contributed by atoms with Crippen LogP contribution in [-0.4, -0.2) is 16.2 Å². The number of aromatic nitrogens is 3. The molecule has 0 aliphatic carbocycles. The van der Waals surface area contributed by atoms with Crippen LogP contribution in [0.1, 0.15) is 21.6 Å². The lowest BCUT2D eigenvalue weighted by Crippen LogP contribution is -2.34. The molecule has 3 heterocycles. The fourth-order valence-corrected chi connectivity index (χ4v) is 4.30. The van der Waals surface area contributed by atoms with Crippen molar-refractivity contribution >= 4 is 44.6 Å². The third-order valence-corrected chi connectivity index (χ3v) is 6.14. The number of hydrogen-bond donors (Lipinski definition) is 3.